The van der Waals surface area contributed by atoms with Gasteiger partial charge in [-0.1, -0.05) is 18.2 Å². The van der Waals surface area contributed by atoms with Crippen molar-refractivity contribution in [3.63, 3.8) is 0 Å². The minimum absolute atomic E-state index is 0.111. The highest BCUT2D eigenvalue weighted by Crippen LogP contribution is 2.25. The fourth-order valence-electron chi connectivity index (χ4n) is 4.03. The van der Waals surface area contributed by atoms with Crippen molar-refractivity contribution in [1.82, 2.24) is 20.2 Å². The van der Waals surface area contributed by atoms with Crippen molar-refractivity contribution < 1.29 is 9.59 Å². The summed E-state index contributed by atoms with van der Waals surface area (Å²) in [7, 11) is 0. The van der Waals surface area contributed by atoms with Gasteiger partial charge in [-0.25, -0.2) is 4.98 Å². The van der Waals surface area contributed by atoms with E-state index in [-0.39, 0.29) is 17.4 Å². The summed E-state index contributed by atoms with van der Waals surface area (Å²) < 4.78 is 0. The lowest BCUT2D eigenvalue weighted by atomic mass is 10.00. The normalized spacial score (nSPS) is 16.5. The number of rotatable bonds is 5. The van der Waals surface area contributed by atoms with Gasteiger partial charge < -0.3 is 15.2 Å². The van der Waals surface area contributed by atoms with Crippen molar-refractivity contribution in [2.45, 2.75) is 45.6 Å². The fraction of sp³-hybridized carbons (Fsp3) is 0.391. The van der Waals surface area contributed by atoms with Crippen LogP contribution in [0.4, 0.5) is 0 Å². The second-order valence-electron chi connectivity index (χ2n) is 7.89. The third-order valence-corrected chi connectivity index (χ3v) is 6.94. The second kappa shape index (κ2) is 9.01. The molecular weight excluding hydrogens is 412 g/mol. The Morgan fingerprint density at radius 3 is 2.77 bits per heavy atom. The SMILES string of the molecule is Cc1sc2nc(CCNC(=O)C3CCCCN3C(=O)c3ccccc3)[nH]c(=O)c2c1C. The molecule has 3 heterocycles. The average Bonchev–Trinajstić information content (AvgIpc) is 3.07. The lowest BCUT2D eigenvalue weighted by molar-refractivity contribution is -0.126. The summed E-state index contributed by atoms with van der Waals surface area (Å²) in [5.41, 5.74) is 1.42. The van der Waals surface area contributed by atoms with Crippen LogP contribution in [-0.2, 0) is 11.2 Å². The lowest BCUT2D eigenvalue weighted by Gasteiger charge is -2.34. The molecule has 1 unspecified atom stereocenters. The first-order chi connectivity index (χ1) is 15.0. The summed E-state index contributed by atoms with van der Waals surface area (Å²) in [6.07, 6.45) is 2.89. The molecule has 0 aliphatic carbocycles. The summed E-state index contributed by atoms with van der Waals surface area (Å²) in [6.45, 7) is 4.83. The standard InChI is InChI=1S/C23H26N4O3S/c1-14-15(2)31-22-19(14)21(29)25-18(26-22)11-12-24-20(28)17-10-6-7-13-27(17)23(30)16-8-4-3-5-9-16/h3-5,8-9,17H,6-7,10-13H2,1-2H3,(H,24,28)(H,25,26,29). The predicted molar refractivity (Wildman–Crippen MR) is 122 cm³/mol. The van der Waals surface area contributed by atoms with E-state index in [1.54, 1.807) is 17.0 Å². The van der Waals surface area contributed by atoms with Crippen LogP contribution in [0.25, 0.3) is 10.2 Å². The number of likely N-dealkylation sites (tertiary alicyclic amines) is 1. The van der Waals surface area contributed by atoms with Crippen molar-refractivity contribution in [3.05, 3.63) is 62.5 Å². The average molecular weight is 439 g/mol. The number of amides is 2. The number of nitrogens with zero attached hydrogens (tertiary/aromatic N) is 2. The van der Waals surface area contributed by atoms with Crippen LogP contribution >= 0.6 is 11.3 Å². The van der Waals surface area contributed by atoms with Gasteiger partial charge in [-0.2, -0.15) is 0 Å². The number of aryl methyl sites for hydroxylation is 2. The molecular formula is C23H26N4O3S. The first-order valence-electron chi connectivity index (χ1n) is 10.6. The third kappa shape index (κ3) is 4.39. The van der Waals surface area contributed by atoms with Gasteiger partial charge in [0.05, 0.1) is 5.39 Å². The maximum Gasteiger partial charge on any atom is 0.259 e. The van der Waals surface area contributed by atoms with E-state index in [1.165, 1.54) is 11.3 Å². The third-order valence-electron chi connectivity index (χ3n) is 5.84. The smallest absolute Gasteiger partial charge is 0.259 e. The Bertz CT molecular complexity index is 1170. The quantitative estimate of drug-likeness (QED) is 0.640. The molecule has 2 amide bonds. The zero-order chi connectivity index (χ0) is 22.0. The molecule has 1 saturated heterocycles. The Morgan fingerprint density at radius 2 is 2.00 bits per heavy atom. The summed E-state index contributed by atoms with van der Waals surface area (Å²) in [6, 6.07) is 8.60. The molecule has 31 heavy (non-hydrogen) atoms. The summed E-state index contributed by atoms with van der Waals surface area (Å²) in [5.74, 6) is 0.287. The number of fused-ring (bicyclic) bond motifs is 1. The molecule has 1 fully saturated rings. The van der Waals surface area contributed by atoms with Crippen LogP contribution in [0.1, 0.15) is 45.9 Å². The highest BCUT2D eigenvalue weighted by atomic mass is 32.1. The molecule has 1 aliphatic heterocycles. The molecule has 1 aromatic carbocycles. The van der Waals surface area contributed by atoms with Gasteiger partial charge in [0.1, 0.15) is 16.7 Å². The van der Waals surface area contributed by atoms with Crippen molar-refractivity contribution in [3.8, 4) is 0 Å². The van der Waals surface area contributed by atoms with Crippen molar-refractivity contribution in [2.24, 2.45) is 0 Å². The first kappa shape index (κ1) is 21.2. The summed E-state index contributed by atoms with van der Waals surface area (Å²) in [4.78, 5) is 49.1. The Kier molecular flexibility index (Phi) is 6.18. The number of thiophene rings is 1. The Hall–Kier alpha value is -3.00. The van der Waals surface area contributed by atoms with Crippen LogP contribution in [0.2, 0.25) is 0 Å². The number of H-pyrrole nitrogens is 1. The highest BCUT2D eigenvalue weighted by molar-refractivity contribution is 7.18. The minimum atomic E-state index is -0.474. The fourth-order valence-corrected chi connectivity index (χ4v) is 5.08. The maximum atomic E-state index is 12.9. The van der Waals surface area contributed by atoms with Gasteiger partial charge in [0.25, 0.3) is 11.5 Å². The minimum Gasteiger partial charge on any atom is -0.354 e. The zero-order valence-electron chi connectivity index (χ0n) is 17.7. The number of hydrogen-bond donors (Lipinski definition) is 2. The molecule has 8 heteroatoms. The van der Waals surface area contributed by atoms with Crippen molar-refractivity contribution in [2.75, 3.05) is 13.1 Å². The second-order valence-corrected chi connectivity index (χ2v) is 9.10. The molecule has 1 aliphatic rings. The number of carbonyl (C=O) groups is 2. The van der Waals surface area contributed by atoms with Crippen LogP contribution in [-0.4, -0.2) is 45.8 Å². The van der Waals surface area contributed by atoms with Gasteiger partial charge in [-0.05, 0) is 50.8 Å². The van der Waals surface area contributed by atoms with E-state index >= 15 is 0 Å². The summed E-state index contributed by atoms with van der Waals surface area (Å²) >= 11 is 1.51. The molecule has 4 rings (SSSR count). The molecule has 2 aromatic heterocycles. The molecule has 7 nitrogen and oxygen atoms in total. The number of aromatic amines is 1. The summed E-state index contributed by atoms with van der Waals surface area (Å²) in [5, 5.41) is 3.58. The Labute approximate surface area is 184 Å². The molecule has 0 saturated carbocycles. The number of aromatic nitrogens is 2. The number of benzene rings is 1. The number of hydrogen-bond acceptors (Lipinski definition) is 5. The predicted octanol–water partition coefficient (Wildman–Crippen LogP) is 2.96. The van der Waals surface area contributed by atoms with Crippen molar-refractivity contribution in [1.29, 1.82) is 0 Å². The van der Waals surface area contributed by atoms with Gasteiger partial charge in [-0.15, -0.1) is 11.3 Å². The number of carbonyl (C=O) groups excluding carboxylic acids is 2. The largest absolute Gasteiger partial charge is 0.354 e. The van der Waals surface area contributed by atoms with E-state index in [2.05, 4.69) is 15.3 Å². The molecule has 1 atom stereocenters. The van der Waals surface area contributed by atoms with Crippen LogP contribution < -0.4 is 10.9 Å². The van der Waals surface area contributed by atoms with Gasteiger partial charge in [0.15, 0.2) is 0 Å². The molecule has 162 valence electrons. The van der Waals surface area contributed by atoms with E-state index in [0.29, 0.717) is 42.7 Å². The Morgan fingerprint density at radius 1 is 1.23 bits per heavy atom. The van der Waals surface area contributed by atoms with Gasteiger partial charge in [0, 0.05) is 30.0 Å². The van der Waals surface area contributed by atoms with Crippen LogP contribution in [0.5, 0.6) is 0 Å². The molecule has 2 N–H and O–H groups in total. The topological polar surface area (TPSA) is 95.2 Å². The van der Waals surface area contributed by atoms with Gasteiger partial charge >= 0.3 is 0 Å². The van der Waals surface area contributed by atoms with Crippen molar-refractivity contribution >= 4 is 33.4 Å². The van der Waals surface area contributed by atoms with Crippen LogP contribution in [0.15, 0.2) is 35.1 Å². The molecule has 0 radical (unpaired) electrons. The highest BCUT2D eigenvalue weighted by Gasteiger charge is 2.32. The van der Waals surface area contributed by atoms with Crippen LogP contribution in [0, 0.1) is 13.8 Å². The van der Waals surface area contributed by atoms with Gasteiger partial charge in [-0.3, -0.25) is 14.4 Å². The maximum absolute atomic E-state index is 12.9. The Balaban J connectivity index is 1.41. The molecule has 3 aromatic rings. The van der Waals surface area contributed by atoms with Gasteiger partial charge in [0.2, 0.25) is 5.91 Å². The van der Waals surface area contributed by atoms with E-state index in [9.17, 15) is 14.4 Å². The number of nitrogens with one attached hydrogen (secondary N) is 2. The lowest BCUT2D eigenvalue weighted by Crippen LogP contribution is -2.52. The monoisotopic (exact) mass is 438 g/mol. The van der Waals surface area contributed by atoms with E-state index < -0.39 is 6.04 Å². The molecule has 0 spiro atoms. The van der Waals surface area contributed by atoms with E-state index in [4.69, 9.17) is 0 Å². The first-order valence-corrected chi connectivity index (χ1v) is 11.4. The zero-order valence-corrected chi connectivity index (χ0v) is 18.6. The van der Waals surface area contributed by atoms with E-state index in [0.717, 1.165) is 28.1 Å². The number of piperidine rings is 1. The molecule has 0 bridgehead atoms. The van der Waals surface area contributed by atoms with E-state index in [1.807, 2.05) is 32.0 Å². The van der Waals surface area contributed by atoms with Crippen LogP contribution in [0.3, 0.4) is 0 Å².